The summed E-state index contributed by atoms with van der Waals surface area (Å²) in [6.07, 6.45) is 0. The van der Waals surface area contributed by atoms with Gasteiger partial charge in [-0.15, -0.1) is 0 Å². The van der Waals surface area contributed by atoms with Crippen molar-refractivity contribution in [2.24, 2.45) is 0 Å². The molecule has 0 unspecified atom stereocenters. The van der Waals surface area contributed by atoms with Gasteiger partial charge in [0.05, 0.1) is 61.5 Å². The van der Waals surface area contributed by atoms with E-state index in [9.17, 15) is 65.9 Å². The average Bonchev–Trinajstić information content (AvgIpc) is 3.31. The minimum Gasteiger partial charge on any atom is -0.228 e. The summed E-state index contributed by atoms with van der Waals surface area (Å²) in [7, 11) is 0. The Morgan fingerprint density at radius 2 is 0.290 bits per heavy atom. The summed E-state index contributed by atoms with van der Waals surface area (Å²) >= 11 is 0. The molecule has 69 heavy (non-hydrogen) atoms. The second-order valence-electron chi connectivity index (χ2n) is 13.3. The van der Waals surface area contributed by atoms with Crippen LogP contribution in [0.15, 0.2) is 6.07 Å². The van der Waals surface area contributed by atoms with Crippen LogP contribution in [0.5, 0.6) is 0 Å². The number of rotatable bonds is 6. The van der Waals surface area contributed by atoms with Crippen molar-refractivity contribution in [3.63, 3.8) is 0 Å². The number of hydrogen-bond donors (Lipinski definition) is 0. The van der Waals surface area contributed by atoms with Crippen LogP contribution >= 0.6 is 0 Å². The largest absolute Gasteiger partial charge is 0.228 e. The van der Waals surface area contributed by atoms with E-state index in [4.69, 9.17) is 0 Å². The summed E-state index contributed by atoms with van der Waals surface area (Å²) in [5.74, 6) is -87.8. The molecule has 0 saturated carbocycles. The molecule has 0 spiro atoms. The summed E-state index contributed by atoms with van der Waals surface area (Å²) in [5, 5.41) is 0. The SMILES string of the molecule is Fc1c(F)c(F)c(-c2c(F)c(F)c(-c3cc(-c4c(F)c(F)c(-c5c(F)c(F)c(F)c(F)c5F)c(F)c4F)nc(-c4c(F)c(F)c(-c5c(F)c(F)c(F)c(F)c5F)c(F)c4F)n3)c(F)c2F)c(F)c1F. The van der Waals surface area contributed by atoms with Crippen LogP contribution in [0, 0.1) is 157 Å². The first-order valence-electron chi connectivity index (χ1n) is 17.1. The summed E-state index contributed by atoms with van der Waals surface area (Å²) < 4.78 is 401. The Labute approximate surface area is 359 Å². The fourth-order valence-electron chi connectivity index (χ4n) is 6.49. The third-order valence-corrected chi connectivity index (χ3v) is 9.63. The monoisotopic (exact) mass is 1020 g/mol. The van der Waals surface area contributed by atoms with Gasteiger partial charge >= 0.3 is 0 Å². The topological polar surface area (TPSA) is 25.8 Å². The lowest BCUT2D eigenvalue weighted by atomic mass is 9.95. The highest BCUT2D eigenvalue weighted by atomic mass is 19.2. The van der Waals surface area contributed by atoms with Crippen LogP contribution in [0.1, 0.15) is 0 Å². The molecule has 0 radical (unpaired) electrons. The fraction of sp³-hybridized carbons (Fsp3) is 0. The van der Waals surface area contributed by atoms with Gasteiger partial charge in [0.15, 0.2) is 145 Å². The van der Waals surface area contributed by atoms with Crippen LogP contribution < -0.4 is 0 Å². The Kier molecular flexibility index (Phi) is 12.1. The van der Waals surface area contributed by atoms with E-state index in [1.54, 1.807) is 0 Å². The molecule has 1 heterocycles. The normalized spacial score (nSPS) is 11.7. The molecule has 1 aromatic heterocycles. The van der Waals surface area contributed by atoms with Crippen LogP contribution in [-0.2, 0) is 0 Å². The Morgan fingerprint density at radius 1 is 0.159 bits per heavy atom. The summed E-state index contributed by atoms with van der Waals surface area (Å²) in [4.78, 5) is 5.72. The van der Waals surface area contributed by atoms with Gasteiger partial charge in [-0.1, -0.05) is 0 Å². The molecular formula is C40HF27N2. The minimum absolute atomic E-state index is 0.591. The lowest BCUT2D eigenvalue weighted by molar-refractivity contribution is 0.379. The maximum atomic E-state index is 15.9. The molecule has 0 amide bonds. The summed E-state index contributed by atoms with van der Waals surface area (Å²) in [6.45, 7) is 0. The van der Waals surface area contributed by atoms with Crippen molar-refractivity contribution in [1.82, 2.24) is 9.97 Å². The lowest BCUT2D eigenvalue weighted by Gasteiger charge is -2.17. The molecule has 0 aliphatic carbocycles. The van der Waals surface area contributed by atoms with Gasteiger partial charge < -0.3 is 0 Å². The number of aromatic nitrogens is 2. The fourth-order valence-corrected chi connectivity index (χ4v) is 6.49. The maximum Gasteiger partial charge on any atom is 0.200 e. The Balaban J connectivity index is 1.61. The third-order valence-electron chi connectivity index (χ3n) is 9.63. The molecular weight excluding hydrogens is 1020 g/mol. The molecule has 0 atom stereocenters. The van der Waals surface area contributed by atoms with Crippen LogP contribution in [0.3, 0.4) is 0 Å². The average molecular weight is 1020 g/mol. The van der Waals surface area contributed by atoms with Crippen LogP contribution in [0.25, 0.3) is 67.3 Å². The van der Waals surface area contributed by atoms with Gasteiger partial charge in [0, 0.05) is 0 Å². The first kappa shape index (κ1) is 49.4. The molecule has 0 aliphatic heterocycles. The number of nitrogens with zero attached hydrogens (tertiary/aromatic N) is 2. The first-order valence-corrected chi connectivity index (χ1v) is 17.1. The standard InChI is InChI=1S/C40HF27N2/c41-13-4(14(42)18(46)6(17(13)45)9-23(51)31(59)37(65)32(60)24(9)52)2-1-3(5-15(43)19(47)7(20(48)16(5)44)10-25(53)33(61)38(66)34(62)26(10)54)69-40(68-2)12-29(57)21(49)8(22(50)30(12)58)11-27(55)35(63)39(67)36(64)28(11)56/h1H. The third kappa shape index (κ3) is 6.96. The van der Waals surface area contributed by atoms with Crippen molar-refractivity contribution in [3.05, 3.63) is 163 Å². The van der Waals surface area contributed by atoms with Gasteiger partial charge in [-0.3, -0.25) is 0 Å². The Hall–Kier alpha value is -7.49. The van der Waals surface area contributed by atoms with Crippen LogP contribution in [-0.4, -0.2) is 9.97 Å². The highest BCUT2D eigenvalue weighted by Crippen LogP contribution is 2.46. The predicted octanol–water partition coefficient (Wildman–Crippen LogP) is 14.2. The summed E-state index contributed by atoms with van der Waals surface area (Å²) in [6, 6.07) is -0.591. The second kappa shape index (κ2) is 16.9. The van der Waals surface area contributed by atoms with Crippen molar-refractivity contribution >= 4 is 0 Å². The smallest absolute Gasteiger partial charge is 0.200 e. The molecule has 0 N–H and O–H groups in total. The van der Waals surface area contributed by atoms with Gasteiger partial charge in [0.2, 0.25) is 17.5 Å². The molecule has 0 aliphatic rings. The molecule has 2 nitrogen and oxygen atoms in total. The van der Waals surface area contributed by atoms with E-state index < -0.39 is 230 Å². The molecule has 0 bridgehead atoms. The Morgan fingerprint density at radius 3 is 0.478 bits per heavy atom. The second-order valence-corrected chi connectivity index (χ2v) is 13.3. The van der Waals surface area contributed by atoms with Crippen LogP contribution in [0.4, 0.5) is 119 Å². The number of hydrogen-bond acceptors (Lipinski definition) is 2. The van der Waals surface area contributed by atoms with Crippen molar-refractivity contribution in [2.75, 3.05) is 0 Å². The first-order chi connectivity index (χ1) is 32.0. The molecule has 0 saturated heterocycles. The van der Waals surface area contributed by atoms with Crippen LogP contribution in [0.2, 0.25) is 0 Å². The zero-order valence-electron chi connectivity index (χ0n) is 31.2. The molecule has 29 heteroatoms. The molecule has 0 fully saturated rings. The molecule has 7 rings (SSSR count). The predicted molar refractivity (Wildman–Crippen MR) is 174 cm³/mol. The number of benzene rings is 6. The van der Waals surface area contributed by atoms with Gasteiger partial charge in [-0.05, 0) is 6.07 Å². The van der Waals surface area contributed by atoms with Gasteiger partial charge in [0.1, 0.15) is 0 Å². The summed E-state index contributed by atoms with van der Waals surface area (Å²) in [5.41, 5.74) is -29.6. The van der Waals surface area contributed by atoms with Crippen molar-refractivity contribution < 1.29 is 119 Å². The zero-order chi connectivity index (χ0) is 51.6. The van der Waals surface area contributed by atoms with E-state index in [0.717, 1.165) is 0 Å². The highest BCUT2D eigenvalue weighted by molar-refractivity contribution is 5.80. The van der Waals surface area contributed by atoms with Gasteiger partial charge in [-0.25, -0.2) is 129 Å². The lowest BCUT2D eigenvalue weighted by Crippen LogP contribution is -2.12. The van der Waals surface area contributed by atoms with E-state index in [1.807, 2.05) is 0 Å². The van der Waals surface area contributed by atoms with E-state index in [-0.39, 0.29) is 0 Å². The Bertz CT molecular complexity index is 2930. The molecule has 6 aromatic carbocycles. The maximum absolute atomic E-state index is 15.9. The van der Waals surface area contributed by atoms with Crippen molar-refractivity contribution in [1.29, 1.82) is 0 Å². The highest BCUT2D eigenvalue weighted by Gasteiger charge is 2.40. The van der Waals surface area contributed by atoms with E-state index in [2.05, 4.69) is 9.97 Å². The van der Waals surface area contributed by atoms with Gasteiger partial charge in [0.25, 0.3) is 0 Å². The van der Waals surface area contributed by atoms with E-state index >= 15 is 52.7 Å². The number of halogens is 27. The van der Waals surface area contributed by atoms with Crippen molar-refractivity contribution in [3.8, 4) is 67.3 Å². The van der Waals surface area contributed by atoms with E-state index in [1.165, 1.54) is 0 Å². The minimum atomic E-state index is -3.27. The van der Waals surface area contributed by atoms with E-state index in [0.29, 0.717) is 0 Å². The molecule has 360 valence electrons. The van der Waals surface area contributed by atoms with Gasteiger partial charge in [-0.2, -0.15) is 0 Å². The van der Waals surface area contributed by atoms with Crippen molar-refractivity contribution in [2.45, 2.75) is 0 Å². The molecule has 7 aromatic rings. The quantitative estimate of drug-likeness (QED) is 0.0942. The zero-order valence-corrected chi connectivity index (χ0v) is 31.2.